The summed E-state index contributed by atoms with van der Waals surface area (Å²) in [5, 5.41) is 5.59. The Morgan fingerprint density at radius 2 is 1.77 bits per heavy atom. The van der Waals surface area contributed by atoms with Crippen molar-refractivity contribution in [2.24, 2.45) is 0 Å². The van der Waals surface area contributed by atoms with Crippen molar-refractivity contribution in [3.05, 3.63) is 65.6 Å². The number of nitrogens with one attached hydrogen (secondary N) is 1. The average Bonchev–Trinajstić information content (AvgIpc) is 3.29. The summed E-state index contributed by atoms with van der Waals surface area (Å²) in [7, 11) is 0. The van der Waals surface area contributed by atoms with Gasteiger partial charge in [-0.05, 0) is 24.3 Å². The quantitative estimate of drug-likeness (QED) is 0.539. The highest BCUT2D eigenvalue weighted by Crippen LogP contribution is 2.22. The minimum absolute atomic E-state index is 0.0812. The molecule has 9 nitrogen and oxygen atoms in total. The fraction of sp³-hybridized carbons (Fsp3) is 0.286. The molecule has 0 atom stereocenters. The van der Waals surface area contributed by atoms with Gasteiger partial charge in [0.05, 0.1) is 17.6 Å². The first-order valence-electron chi connectivity index (χ1n) is 10.0. The van der Waals surface area contributed by atoms with E-state index in [1.807, 2.05) is 24.4 Å². The Morgan fingerprint density at radius 1 is 0.933 bits per heavy atom. The van der Waals surface area contributed by atoms with Crippen LogP contribution in [0.4, 0.5) is 5.82 Å². The van der Waals surface area contributed by atoms with Crippen molar-refractivity contribution in [3.63, 3.8) is 0 Å². The predicted octanol–water partition coefficient (Wildman–Crippen LogP) is 1.40. The summed E-state index contributed by atoms with van der Waals surface area (Å²) in [6, 6.07) is 9.15. The van der Waals surface area contributed by atoms with Crippen molar-refractivity contribution in [1.29, 1.82) is 0 Å². The van der Waals surface area contributed by atoms with Crippen molar-refractivity contribution < 1.29 is 0 Å². The number of hydrogen-bond donors (Lipinski definition) is 1. The molecule has 0 spiro atoms. The smallest absolute Gasteiger partial charge is 0.266 e. The summed E-state index contributed by atoms with van der Waals surface area (Å²) < 4.78 is 1.55. The molecule has 4 aromatic rings. The third-order valence-corrected chi connectivity index (χ3v) is 5.48. The van der Waals surface area contributed by atoms with Crippen molar-refractivity contribution in [2.45, 2.75) is 6.54 Å². The number of fused-ring (bicyclic) bond motifs is 1. The summed E-state index contributed by atoms with van der Waals surface area (Å²) in [4.78, 5) is 32.8. The van der Waals surface area contributed by atoms with Crippen LogP contribution in [0.5, 0.6) is 0 Å². The van der Waals surface area contributed by atoms with Gasteiger partial charge in [0, 0.05) is 62.9 Å². The van der Waals surface area contributed by atoms with Crippen molar-refractivity contribution in [2.75, 3.05) is 37.6 Å². The number of rotatable bonds is 5. The van der Waals surface area contributed by atoms with Crippen LogP contribution < -0.4 is 10.5 Å². The summed E-state index contributed by atoms with van der Waals surface area (Å²) in [6.45, 7) is 4.94. The summed E-state index contributed by atoms with van der Waals surface area (Å²) in [5.74, 6) is 0.976. The normalized spacial score (nSPS) is 15.0. The molecule has 1 fully saturated rings. The minimum Gasteiger partial charge on any atom is -0.353 e. The number of pyridine rings is 1. The van der Waals surface area contributed by atoms with Gasteiger partial charge < -0.3 is 9.88 Å². The van der Waals surface area contributed by atoms with E-state index < -0.39 is 0 Å². The first-order chi connectivity index (χ1) is 14.8. The standard InChI is InChI=1S/C21H22N8O/c30-19-2-1-18(16-3-6-22-7-4-16)26-29(19)14-11-27-9-12-28(13-10-27)21-17-5-8-23-20(17)24-15-25-21/h1-8,15H,9-14H2,(H,23,24,25). The van der Waals surface area contributed by atoms with E-state index in [-0.39, 0.29) is 5.56 Å². The Labute approximate surface area is 173 Å². The van der Waals surface area contributed by atoms with Gasteiger partial charge in [0.1, 0.15) is 17.8 Å². The first kappa shape index (κ1) is 18.4. The summed E-state index contributed by atoms with van der Waals surface area (Å²) in [6.07, 6.45) is 6.95. The Bertz CT molecular complexity index is 1190. The van der Waals surface area contributed by atoms with E-state index in [0.717, 1.165) is 60.8 Å². The summed E-state index contributed by atoms with van der Waals surface area (Å²) >= 11 is 0. The molecule has 5 rings (SSSR count). The maximum Gasteiger partial charge on any atom is 0.266 e. The monoisotopic (exact) mass is 402 g/mol. The Kier molecular flexibility index (Phi) is 4.94. The zero-order valence-corrected chi connectivity index (χ0v) is 16.5. The van der Waals surface area contributed by atoms with Gasteiger partial charge in [-0.2, -0.15) is 5.10 Å². The topological polar surface area (TPSA) is 95.8 Å². The number of nitrogens with zero attached hydrogens (tertiary/aromatic N) is 7. The van der Waals surface area contributed by atoms with E-state index in [1.165, 1.54) is 0 Å². The average molecular weight is 402 g/mol. The molecule has 0 amide bonds. The second-order valence-corrected chi connectivity index (χ2v) is 7.28. The van der Waals surface area contributed by atoms with Crippen molar-refractivity contribution in [1.82, 2.24) is 34.6 Å². The van der Waals surface area contributed by atoms with E-state index in [0.29, 0.717) is 6.54 Å². The number of hydrogen-bond acceptors (Lipinski definition) is 7. The van der Waals surface area contributed by atoms with Crippen molar-refractivity contribution >= 4 is 16.9 Å². The summed E-state index contributed by atoms with van der Waals surface area (Å²) in [5.41, 5.74) is 2.51. The third kappa shape index (κ3) is 3.67. The van der Waals surface area contributed by atoms with Crippen LogP contribution in [-0.4, -0.2) is 67.3 Å². The van der Waals surface area contributed by atoms with Gasteiger partial charge in [-0.25, -0.2) is 14.6 Å². The lowest BCUT2D eigenvalue weighted by Crippen LogP contribution is -2.48. The van der Waals surface area contributed by atoms with Crippen LogP contribution in [-0.2, 0) is 6.54 Å². The Balaban J connectivity index is 1.22. The molecule has 5 heterocycles. The molecule has 0 aliphatic carbocycles. The number of piperazine rings is 1. The van der Waals surface area contributed by atoms with Crippen LogP contribution in [0.3, 0.4) is 0 Å². The zero-order valence-electron chi connectivity index (χ0n) is 16.5. The predicted molar refractivity (Wildman–Crippen MR) is 114 cm³/mol. The fourth-order valence-electron chi connectivity index (χ4n) is 3.82. The largest absolute Gasteiger partial charge is 0.353 e. The molecular formula is C21H22N8O. The van der Waals surface area contributed by atoms with E-state index in [1.54, 1.807) is 35.5 Å². The second kappa shape index (κ2) is 8.03. The van der Waals surface area contributed by atoms with Crippen LogP contribution in [0.2, 0.25) is 0 Å². The molecule has 0 unspecified atom stereocenters. The van der Waals surface area contributed by atoms with Gasteiger partial charge in [-0.1, -0.05) is 0 Å². The number of aromatic amines is 1. The molecule has 0 radical (unpaired) electrons. The molecule has 30 heavy (non-hydrogen) atoms. The van der Waals surface area contributed by atoms with E-state index in [2.05, 4.69) is 34.8 Å². The molecule has 152 valence electrons. The highest BCUT2D eigenvalue weighted by Gasteiger charge is 2.20. The molecule has 4 aromatic heterocycles. The van der Waals surface area contributed by atoms with E-state index in [9.17, 15) is 4.79 Å². The Morgan fingerprint density at radius 3 is 2.60 bits per heavy atom. The molecule has 1 N–H and O–H groups in total. The molecule has 0 bridgehead atoms. The van der Waals surface area contributed by atoms with Crippen LogP contribution in [0.15, 0.2) is 60.0 Å². The Hall–Kier alpha value is -3.59. The van der Waals surface area contributed by atoms with Gasteiger partial charge in [0.2, 0.25) is 0 Å². The van der Waals surface area contributed by atoms with Gasteiger partial charge >= 0.3 is 0 Å². The number of aromatic nitrogens is 6. The molecule has 1 saturated heterocycles. The minimum atomic E-state index is -0.0812. The maximum atomic E-state index is 12.3. The zero-order chi connectivity index (χ0) is 20.3. The lowest BCUT2D eigenvalue weighted by molar-refractivity contribution is 0.242. The van der Waals surface area contributed by atoms with E-state index in [4.69, 9.17) is 0 Å². The van der Waals surface area contributed by atoms with Crippen LogP contribution in [0.1, 0.15) is 0 Å². The first-order valence-corrected chi connectivity index (χ1v) is 10.0. The highest BCUT2D eigenvalue weighted by atomic mass is 16.1. The lowest BCUT2D eigenvalue weighted by Gasteiger charge is -2.35. The van der Waals surface area contributed by atoms with E-state index >= 15 is 0 Å². The van der Waals surface area contributed by atoms with Gasteiger partial charge in [-0.3, -0.25) is 14.7 Å². The highest BCUT2D eigenvalue weighted by molar-refractivity contribution is 5.87. The van der Waals surface area contributed by atoms with Crippen molar-refractivity contribution in [3.8, 4) is 11.3 Å². The maximum absolute atomic E-state index is 12.3. The van der Waals surface area contributed by atoms with Crippen LogP contribution in [0, 0.1) is 0 Å². The van der Waals surface area contributed by atoms with Gasteiger partial charge in [0.25, 0.3) is 5.56 Å². The van der Waals surface area contributed by atoms with Gasteiger partial charge in [-0.15, -0.1) is 0 Å². The van der Waals surface area contributed by atoms with Crippen LogP contribution >= 0.6 is 0 Å². The SMILES string of the molecule is O=c1ccc(-c2ccncc2)nn1CCN1CCN(c2ncnc3[nH]ccc23)CC1. The number of anilines is 1. The fourth-order valence-corrected chi connectivity index (χ4v) is 3.82. The second-order valence-electron chi connectivity index (χ2n) is 7.28. The molecule has 1 aliphatic heterocycles. The molecule has 9 heteroatoms. The molecule has 0 saturated carbocycles. The third-order valence-electron chi connectivity index (χ3n) is 5.48. The number of H-pyrrole nitrogens is 1. The molecule has 0 aromatic carbocycles. The lowest BCUT2D eigenvalue weighted by atomic mass is 10.2. The molecule has 1 aliphatic rings. The molecular weight excluding hydrogens is 380 g/mol. The van der Waals surface area contributed by atoms with Crippen LogP contribution in [0.25, 0.3) is 22.3 Å². The van der Waals surface area contributed by atoms with Gasteiger partial charge in [0.15, 0.2) is 0 Å².